The Labute approximate surface area is 140 Å². The Morgan fingerprint density at radius 2 is 2.00 bits per heavy atom. The molecule has 0 aliphatic carbocycles. The Balaban J connectivity index is 1.47. The number of nitrogens with zero attached hydrogens (tertiary/aromatic N) is 5. The van der Waals surface area contributed by atoms with E-state index in [-0.39, 0.29) is 12.5 Å². The molecular formula is C16H19N7O. The molecule has 0 saturated carbocycles. The molecule has 1 aromatic heterocycles. The minimum atomic E-state index is 0.0603. The van der Waals surface area contributed by atoms with Crippen molar-refractivity contribution in [3.8, 4) is 6.07 Å². The highest BCUT2D eigenvalue weighted by Gasteiger charge is 2.22. The second-order valence-electron chi connectivity index (χ2n) is 5.63. The van der Waals surface area contributed by atoms with E-state index >= 15 is 0 Å². The van der Waals surface area contributed by atoms with Crippen LogP contribution in [0, 0.1) is 18.3 Å². The monoisotopic (exact) mass is 325 g/mol. The van der Waals surface area contributed by atoms with Gasteiger partial charge in [-0.2, -0.15) is 10.2 Å². The largest absolute Gasteiger partial charge is 0.376 e. The van der Waals surface area contributed by atoms with Crippen molar-refractivity contribution in [2.45, 2.75) is 6.92 Å². The molecule has 0 radical (unpaired) electrons. The van der Waals surface area contributed by atoms with Gasteiger partial charge in [-0.25, -0.2) is 0 Å². The van der Waals surface area contributed by atoms with Crippen molar-refractivity contribution in [2.75, 3.05) is 42.9 Å². The first-order valence-corrected chi connectivity index (χ1v) is 7.81. The highest BCUT2D eigenvalue weighted by Crippen LogP contribution is 2.12. The third-order valence-corrected chi connectivity index (χ3v) is 3.96. The fourth-order valence-electron chi connectivity index (χ4n) is 2.58. The second-order valence-corrected chi connectivity index (χ2v) is 5.63. The van der Waals surface area contributed by atoms with Crippen molar-refractivity contribution in [3.63, 3.8) is 0 Å². The maximum absolute atomic E-state index is 12.3. The maximum atomic E-state index is 12.3. The zero-order chi connectivity index (χ0) is 16.9. The van der Waals surface area contributed by atoms with Crippen LogP contribution in [0.1, 0.15) is 11.4 Å². The number of carbonyl (C=O) groups is 1. The summed E-state index contributed by atoms with van der Waals surface area (Å²) < 4.78 is 0. The molecule has 2 aromatic rings. The summed E-state index contributed by atoms with van der Waals surface area (Å²) in [6.45, 7) is 4.86. The van der Waals surface area contributed by atoms with Crippen LogP contribution in [0.3, 0.4) is 0 Å². The van der Waals surface area contributed by atoms with Crippen molar-refractivity contribution in [1.29, 1.82) is 5.26 Å². The summed E-state index contributed by atoms with van der Waals surface area (Å²) in [7, 11) is 0. The van der Waals surface area contributed by atoms with Crippen LogP contribution in [0.2, 0.25) is 0 Å². The SMILES string of the molecule is Cc1nc(N2CCN(C(=O)CNc3ccc(C#N)cc3)CC2)n[nH]1. The number of nitrogens with one attached hydrogen (secondary N) is 2. The smallest absolute Gasteiger partial charge is 0.244 e. The van der Waals surface area contributed by atoms with E-state index in [9.17, 15) is 4.79 Å². The second kappa shape index (κ2) is 7.00. The number of carbonyl (C=O) groups excluding carboxylic acids is 1. The lowest BCUT2D eigenvalue weighted by atomic mass is 10.2. The van der Waals surface area contributed by atoms with Gasteiger partial charge in [0.05, 0.1) is 18.2 Å². The average Bonchev–Trinajstić information content (AvgIpc) is 3.06. The topological polar surface area (TPSA) is 101 Å². The van der Waals surface area contributed by atoms with Gasteiger partial charge < -0.3 is 15.1 Å². The van der Waals surface area contributed by atoms with E-state index in [2.05, 4.69) is 31.5 Å². The summed E-state index contributed by atoms with van der Waals surface area (Å²) in [5.74, 6) is 1.54. The number of amides is 1. The van der Waals surface area contributed by atoms with Crippen molar-refractivity contribution in [3.05, 3.63) is 35.7 Å². The van der Waals surface area contributed by atoms with Gasteiger partial charge >= 0.3 is 0 Å². The van der Waals surface area contributed by atoms with Crippen LogP contribution in [-0.2, 0) is 4.79 Å². The number of H-pyrrole nitrogens is 1. The van der Waals surface area contributed by atoms with E-state index in [1.165, 1.54) is 0 Å². The van der Waals surface area contributed by atoms with Crippen molar-refractivity contribution >= 4 is 17.5 Å². The highest BCUT2D eigenvalue weighted by atomic mass is 16.2. The van der Waals surface area contributed by atoms with Gasteiger partial charge in [0.25, 0.3) is 0 Å². The minimum Gasteiger partial charge on any atom is -0.376 e. The Morgan fingerprint density at radius 3 is 2.58 bits per heavy atom. The van der Waals surface area contributed by atoms with E-state index in [0.29, 0.717) is 24.6 Å². The van der Waals surface area contributed by atoms with E-state index in [0.717, 1.165) is 24.6 Å². The molecule has 0 atom stereocenters. The van der Waals surface area contributed by atoms with Crippen LogP contribution in [0.15, 0.2) is 24.3 Å². The summed E-state index contributed by atoms with van der Waals surface area (Å²) in [5, 5.41) is 18.9. The molecule has 1 aliphatic heterocycles. The molecule has 0 unspecified atom stereocenters. The molecule has 1 fully saturated rings. The van der Waals surface area contributed by atoms with E-state index in [1.54, 1.807) is 24.3 Å². The molecule has 1 aromatic carbocycles. The molecule has 1 saturated heterocycles. The van der Waals surface area contributed by atoms with Crippen LogP contribution in [0.25, 0.3) is 0 Å². The van der Waals surface area contributed by atoms with Crippen molar-refractivity contribution in [1.82, 2.24) is 20.1 Å². The fraction of sp³-hybridized carbons (Fsp3) is 0.375. The Morgan fingerprint density at radius 1 is 1.29 bits per heavy atom. The number of aryl methyl sites for hydroxylation is 1. The maximum Gasteiger partial charge on any atom is 0.244 e. The Bertz CT molecular complexity index is 739. The van der Waals surface area contributed by atoms with Crippen LogP contribution in [0.4, 0.5) is 11.6 Å². The van der Waals surface area contributed by atoms with E-state index in [1.807, 2.05) is 11.8 Å². The van der Waals surface area contributed by atoms with Gasteiger partial charge in [0.2, 0.25) is 11.9 Å². The number of aromatic nitrogens is 3. The molecule has 0 bridgehead atoms. The van der Waals surface area contributed by atoms with Crippen molar-refractivity contribution < 1.29 is 4.79 Å². The zero-order valence-corrected chi connectivity index (χ0v) is 13.5. The van der Waals surface area contributed by atoms with Gasteiger partial charge in [-0.05, 0) is 31.2 Å². The van der Waals surface area contributed by atoms with Crippen LogP contribution in [-0.4, -0.2) is 58.7 Å². The van der Waals surface area contributed by atoms with Gasteiger partial charge in [0.1, 0.15) is 5.82 Å². The van der Waals surface area contributed by atoms with Gasteiger partial charge in [-0.1, -0.05) is 0 Å². The molecule has 1 aliphatic rings. The number of rotatable bonds is 4. The zero-order valence-electron chi connectivity index (χ0n) is 13.5. The van der Waals surface area contributed by atoms with E-state index in [4.69, 9.17) is 5.26 Å². The minimum absolute atomic E-state index is 0.0603. The van der Waals surface area contributed by atoms with Gasteiger partial charge in [0, 0.05) is 31.9 Å². The molecule has 1 amide bonds. The van der Waals surface area contributed by atoms with E-state index < -0.39 is 0 Å². The number of piperazine rings is 1. The van der Waals surface area contributed by atoms with Crippen LogP contribution >= 0.6 is 0 Å². The summed E-state index contributed by atoms with van der Waals surface area (Å²) in [6, 6.07) is 9.12. The summed E-state index contributed by atoms with van der Waals surface area (Å²) in [5.41, 5.74) is 1.43. The quantitative estimate of drug-likeness (QED) is 0.860. The molecule has 8 nitrogen and oxygen atoms in total. The lowest BCUT2D eigenvalue weighted by Crippen LogP contribution is -2.50. The molecule has 124 valence electrons. The van der Waals surface area contributed by atoms with Crippen LogP contribution in [0.5, 0.6) is 0 Å². The third kappa shape index (κ3) is 3.63. The Hall–Kier alpha value is -3.08. The molecule has 3 rings (SSSR count). The van der Waals surface area contributed by atoms with Crippen LogP contribution < -0.4 is 10.2 Å². The highest BCUT2D eigenvalue weighted by molar-refractivity contribution is 5.81. The molecule has 8 heteroatoms. The predicted octanol–water partition coefficient (Wildman–Crippen LogP) is 0.745. The van der Waals surface area contributed by atoms with Gasteiger partial charge in [-0.3, -0.25) is 9.89 Å². The summed E-state index contributed by atoms with van der Waals surface area (Å²) in [4.78, 5) is 20.5. The first-order chi connectivity index (χ1) is 11.7. The lowest BCUT2D eigenvalue weighted by Gasteiger charge is -2.34. The molecule has 0 spiro atoms. The standard InChI is InChI=1S/C16H19N7O/c1-12-19-16(21-20-12)23-8-6-22(7-9-23)15(24)11-18-14-4-2-13(10-17)3-5-14/h2-5,18H,6-9,11H2,1H3,(H,19,20,21). The number of benzene rings is 1. The number of aromatic amines is 1. The summed E-state index contributed by atoms with van der Waals surface area (Å²) in [6.07, 6.45) is 0. The Kier molecular flexibility index (Phi) is 4.61. The normalized spacial score (nSPS) is 14.3. The average molecular weight is 325 g/mol. The van der Waals surface area contributed by atoms with Gasteiger partial charge in [0.15, 0.2) is 0 Å². The summed E-state index contributed by atoms with van der Waals surface area (Å²) >= 11 is 0. The molecule has 2 heterocycles. The number of hydrogen-bond donors (Lipinski definition) is 2. The lowest BCUT2D eigenvalue weighted by molar-refractivity contribution is -0.129. The molecular weight excluding hydrogens is 306 g/mol. The number of anilines is 2. The molecule has 2 N–H and O–H groups in total. The predicted molar refractivity (Wildman–Crippen MR) is 89.6 cm³/mol. The number of hydrogen-bond acceptors (Lipinski definition) is 6. The number of nitriles is 1. The molecule has 24 heavy (non-hydrogen) atoms. The van der Waals surface area contributed by atoms with Crippen molar-refractivity contribution in [2.24, 2.45) is 0 Å². The fourth-order valence-corrected chi connectivity index (χ4v) is 2.58. The first kappa shape index (κ1) is 15.8. The first-order valence-electron chi connectivity index (χ1n) is 7.81. The van der Waals surface area contributed by atoms with Gasteiger partial charge in [-0.15, -0.1) is 5.10 Å². The third-order valence-electron chi connectivity index (χ3n) is 3.96.